The molecular formula is C34H30F3N6OTl. The minimum absolute atomic E-state index is 0.0558. The van der Waals surface area contributed by atoms with Gasteiger partial charge in [-0.25, -0.2) is 0 Å². The first-order valence-electron chi connectivity index (χ1n) is 15.4. The number of hydrogen-bond acceptors (Lipinski definition) is 7. The Morgan fingerprint density at radius 2 is 1.91 bits per heavy atom. The van der Waals surface area contributed by atoms with Crippen LogP contribution in [0.5, 0.6) is 6.01 Å². The molecule has 3 unspecified atom stereocenters. The van der Waals surface area contributed by atoms with E-state index in [1.54, 1.807) is 6.20 Å². The summed E-state index contributed by atoms with van der Waals surface area (Å²) in [6.07, 6.45) is 4.15. The molecule has 0 aliphatic carbocycles. The Labute approximate surface area is 274 Å². The second-order valence-corrected chi connectivity index (χ2v) is 13.7. The molecule has 4 saturated heterocycles. The first-order valence-corrected chi connectivity index (χ1v) is 17.7. The summed E-state index contributed by atoms with van der Waals surface area (Å²) in [6.45, 7) is 2.63. The molecule has 0 amide bonds. The summed E-state index contributed by atoms with van der Waals surface area (Å²) < 4.78 is 53.4. The molecule has 4 aromatic rings. The zero-order valence-electron chi connectivity index (χ0n) is 24.6. The molecule has 7 nitrogen and oxygen atoms in total. The van der Waals surface area contributed by atoms with Gasteiger partial charge in [-0.2, -0.15) is 8.78 Å². The average Bonchev–Trinajstić information content (AvgIpc) is 3.71. The van der Waals surface area contributed by atoms with Gasteiger partial charge in [0.25, 0.3) is 6.08 Å². The molecule has 8 rings (SSSR count). The molecule has 3 atom stereocenters. The number of pyridine rings is 1. The summed E-state index contributed by atoms with van der Waals surface area (Å²) in [5.74, 6) is 3.27. The van der Waals surface area contributed by atoms with Gasteiger partial charge in [0.1, 0.15) is 0 Å². The Balaban J connectivity index is 1.25. The summed E-state index contributed by atoms with van der Waals surface area (Å²) in [7, 11) is 0. The largest absolute Gasteiger partial charge is 0.00319 e. The van der Waals surface area contributed by atoms with Crippen molar-refractivity contribution in [2.24, 2.45) is 0 Å². The van der Waals surface area contributed by atoms with Crippen LogP contribution in [0.15, 0.2) is 54.2 Å². The Kier molecular flexibility index (Phi) is 7.45. The number of nitrogens with one attached hydrogen (secondary N) is 1. The second kappa shape index (κ2) is 11.5. The van der Waals surface area contributed by atoms with Crippen molar-refractivity contribution in [2.45, 2.75) is 49.7 Å². The van der Waals surface area contributed by atoms with Gasteiger partial charge < -0.3 is 5.32 Å². The topological polar surface area (TPSA) is 66.4 Å². The summed E-state index contributed by atoms with van der Waals surface area (Å²) in [5, 5.41) is 5.98. The van der Waals surface area contributed by atoms with Gasteiger partial charge in [-0.3, -0.25) is 4.90 Å². The first kappa shape index (κ1) is 29.1. The number of rotatable bonds is 5. The van der Waals surface area contributed by atoms with Crippen LogP contribution in [0.4, 0.5) is 19.0 Å². The van der Waals surface area contributed by atoms with Crippen LogP contribution in [0, 0.1) is 15.2 Å². The normalized spacial score (nSPS) is 24.2. The zero-order valence-corrected chi connectivity index (χ0v) is 29.1. The minimum Gasteiger partial charge on any atom is -0.00319 e. The molecule has 0 saturated carbocycles. The maximum atomic E-state index is 16.8. The monoisotopic (exact) mass is 800 g/mol. The Morgan fingerprint density at radius 1 is 1.11 bits per heavy atom. The molecule has 6 heterocycles. The number of nitrogens with zero attached hydrogens (tertiary/aromatic N) is 5. The smallest absolute Gasteiger partial charge is 0.00319 e. The van der Waals surface area contributed by atoms with Crippen molar-refractivity contribution in [1.82, 2.24) is 25.2 Å². The SMILES string of the molecule is FC(F)=C1CN2CCCC2(COc2nc(N3CC4CCC(C3)N4)c3cnc(-c4cccc5cccc(C#[C][Tl])c45)c(F)c3n2)C1. The van der Waals surface area contributed by atoms with Gasteiger partial charge in [0, 0.05) is 24.2 Å². The summed E-state index contributed by atoms with van der Waals surface area (Å²) in [4.78, 5) is 18.4. The fourth-order valence-corrected chi connectivity index (χ4v) is 8.47. The number of benzene rings is 2. The predicted molar refractivity (Wildman–Crippen MR) is 168 cm³/mol. The van der Waals surface area contributed by atoms with Crippen molar-refractivity contribution in [2.75, 3.05) is 37.7 Å². The zero-order chi connectivity index (χ0) is 30.7. The fourth-order valence-electron chi connectivity index (χ4n) is 7.87. The van der Waals surface area contributed by atoms with E-state index in [1.807, 2.05) is 36.4 Å². The van der Waals surface area contributed by atoms with E-state index in [1.165, 1.54) is 0 Å². The molecule has 4 fully saturated rings. The average molecular weight is 800 g/mol. The van der Waals surface area contributed by atoms with E-state index in [0.717, 1.165) is 61.7 Å². The van der Waals surface area contributed by atoms with Crippen LogP contribution in [0.2, 0.25) is 0 Å². The number of hydrogen-bond donors (Lipinski definition) is 1. The Bertz CT molecular complexity index is 1920. The number of ether oxygens (including phenoxy) is 1. The molecule has 0 radical (unpaired) electrons. The molecule has 226 valence electrons. The van der Waals surface area contributed by atoms with Gasteiger partial charge >= 0.3 is 183 Å². The third kappa shape index (κ3) is 5.07. The molecule has 2 aromatic heterocycles. The quantitative estimate of drug-likeness (QED) is 0.221. The van der Waals surface area contributed by atoms with Gasteiger partial charge in [0.15, 0.2) is 0 Å². The molecule has 4 aliphatic heterocycles. The molecule has 45 heavy (non-hydrogen) atoms. The maximum absolute atomic E-state index is 16.8. The molecule has 2 aromatic carbocycles. The molecule has 4 aliphatic rings. The van der Waals surface area contributed by atoms with Crippen molar-refractivity contribution >= 4 is 53.3 Å². The predicted octanol–water partition coefficient (Wildman–Crippen LogP) is 5.17. The summed E-state index contributed by atoms with van der Waals surface area (Å²) in [5.41, 5.74) is 1.46. The van der Waals surface area contributed by atoms with Crippen LogP contribution in [0.25, 0.3) is 32.9 Å². The number of piperazine rings is 1. The van der Waals surface area contributed by atoms with Gasteiger partial charge in [-0.05, 0) is 38.6 Å². The van der Waals surface area contributed by atoms with E-state index in [0.29, 0.717) is 54.6 Å². The van der Waals surface area contributed by atoms with Crippen LogP contribution < -0.4 is 15.0 Å². The van der Waals surface area contributed by atoms with Crippen molar-refractivity contribution in [3.8, 4) is 26.7 Å². The van der Waals surface area contributed by atoms with E-state index in [-0.39, 0.29) is 42.4 Å². The summed E-state index contributed by atoms with van der Waals surface area (Å²) >= 11 is 0.514. The van der Waals surface area contributed by atoms with Gasteiger partial charge in [0.05, 0.1) is 5.54 Å². The Hall–Kier alpha value is -3.28. The third-order valence-electron chi connectivity index (χ3n) is 9.93. The van der Waals surface area contributed by atoms with E-state index in [2.05, 4.69) is 34.5 Å². The van der Waals surface area contributed by atoms with Crippen molar-refractivity contribution in [3.63, 3.8) is 0 Å². The molecule has 1 N–H and O–H groups in total. The molecular weight excluding hydrogens is 770 g/mol. The van der Waals surface area contributed by atoms with E-state index in [9.17, 15) is 8.78 Å². The first-order chi connectivity index (χ1) is 21.9. The number of fused-ring (bicyclic) bond motifs is 5. The van der Waals surface area contributed by atoms with Gasteiger partial charge in [-0.1, -0.05) is 0 Å². The second-order valence-electron chi connectivity index (χ2n) is 12.6. The van der Waals surface area contributed by atoms with Crippen molar-refractivity contribution < 1.29 is 17.9 Å². The van der Waals surface area contributed by atoms with E-state index in [4.69, 9.17) is 9.72 Å². The molecule has 0 spiro atoms. The van der Waals surface area contributed by atoms with E-state index < -0.39 is 17.4 Å². The molecule has 11 heteroatoms. The number of aromatic nitrogens is 3. The van der Waals surface area contributed by atoms with Crippen molar-refractivity contribution in [3.05, 3.63) is 65.6 Å². The van der Waals surface area contributed by atoms with Crippen LogP contribution in [0.1, 0.15) is 37.7 Å². The standard InChI is InChI=1S/C34H30F3N6O.Tl/c1-2-20-6-3-7-21-8-4-9-25(27(20)21)29-28(35)30-26(15-38-29)32(42-17-23-10-11-24(18-42)39-23)41-33(40-30)44-19-34-12-5-13-43(34)16-22(14-34)31(36)37;/h3-4,6-9,15,23-24,39H,5,10-14,16-19H2;. The third-order valence-corrected chi connectivity index (χ3v) is 10.5. The Morgan fingerprint density at radius 3 is 2.69 bits per heavy atom. The van der Waals surface area contributed by atoms with Crippen LogP contribution in [-0.2, 0) is 0 Å². The number of halogens is 3. The molecule has 2 bridgehead atoms. The van der Waals surface area contributed by atoms with Crippen LogP contribution in [0.3, 0.4) is 0 Å². The van der Waals surface area contributed by atoms with Crippen molar-refractivity contribution in [1.29, 1.82) is 0 Å². The summed E-state index contributed by atoms with van der Waals surface area (Å²) in [6, 6.07) is 12.4. The van der Waals surface area contributed by atoms with Crippen LogP contribution in [-0.4, -0.2) is 96.0 Å². The maximum Gasteiger partial charge on any atom is -0.00319 e. The van der Waals surface area contributed by atoms with Gasteiger partial charge in [0.2, 0.25) is 0 Å². The minimum atomic E-state index is -1.60. The van der Waals surface area contributed by atoms with Gasteiger partial charge in [-0.15, -0.1) is 0 Å². The fraction of sp³-hybridized carbons (Fsp3) is 0.382. The number of anilines is 1. The van der Waals surface area contributed by atoms with E-state index >= 15 is 4.39 Å². The van der Waals surface area contributed by atoms with Crippen LogP contribution >= 0.6 is 0 Å².